The number of carbonyl (C=O) groups excluding carboxylic acids is 1. The lowest BCUT2D eigenvalue weighted by Crippen LogP contribution is -2.44. The number of nitrogens with zero attached hydrogens (tertiary/aromatic N) is 1. The van der Waals surface area contributed by atoms with Crippen molar-refractivity contribution < 1.29 is 4.79 Å². The van der Waals surface area contributed by atoms with E-state index in [1.807, 2.05) is 30.3 Å². The van der Waals surface area contributed by atoms with Crippen LogP contribution < -0.4 is 10.6 Å². The fraction of sp³-hybridized carbons (Fsp3) is 0.286. The van der Waals surface area contributed by atoms with E-state index in [0.29, 0.717) is 13.1 Å². The number of hydrogen-bond donors (Lipinski definition) is 2. The van der Waals surface area contributed by atoms with E-state index >= 15 is 0 Å². The van der Waals surface area contributed by atoms with Gasteiger partial charge in [0.2, 0.25) is 0 Å². The van der Waals surface area contributed by atoms with Crippen LogP contribution in [0.1, 0.15) is 11.1 Å². The molecule has 0 unspecified atom stereocenters. The minimum Gasteiger partial charge on any atom is -0.337 e. The molecule has 0 spiro atoms. The lowest BCUT2D eigenvalue weighted by molar-refractivity contribution is 0.231. The highest BCUT2D eigenvalue weighted by molar-refractivity contribution is 7.17. The summed E-state index contributed by atoms with van der Waals surface area (Å²) in [6.45, 7) is 1.15. The van der Waals surface area contributed by atoms with Crippen molar-refractivity contribution >= 4 is 27.5 Å². The number of rotatable bonds is 7. The summed E-state index contributed by atoms with van der Waals surface area (Å²) in [5.74, 6) is 0. The van der Waals surface area contributed by atoms with E-state index in [2.05, 4.69) is 59.3 Å². The molecule has 0 bridgehead atoms. The topological polar surface area (TPSA) is 44.4 Å². The van der Waals surface area contributed by atoms with Gasteiger partial charge in [0.05, 0.1) is 0 Å². The van der Waals surface area contributed by atoms with Crippen molar-refractivity contribution in [2.75, 3.05) is 20.6 Å². The van der Waals surface area contributed by atoms with Crippen molar-refractivity contribution in [3.8, 4) is 0 Å². The molecule has 2 amide bonds. The molecular weight excluding hydrogens is 342 g/mol. The summed E-state index contributed by atoms with van der Waals surface area (Å²) >= 11 is 1.78. The fourth-order valence-corrected chi connectivity index (χ4v) is 3.91. The van der Waals surface area contributed by atoms with E-state index in [1.165, 1.54) is 15.6 Å². The van der Waals surface area contributed by atoms with Crippen molar-refractivity contribution in [1.82, 2.24) is 15.5 Å². The van der Waals surface area contributed by atoms with E-state index < -0.39 is 0 Å². The van der Waals surface area contributed by atoms with Gasteiger partial charge in [-0.25, -0.2) is 4.79 Å². The van der Waals surface area contributed by atoms with Crippen LogP contribution in [0.4, 0.5) is 4.79 Å². The van der Waals surface area contributed by atoms with Crippen LogP contribution in [0.15, 0.2) is 60.0 Å². The van der Waals surface area contributed by atoms with Gasteiger partial charge in [0.25, 0.3) is 0 Å². The van der Waals surface area contributed by atoms with Gasteiger partial charge in [-0.05, 0) is 48.5 Å². The Labute approximate surface area is 158 Å². The second kappa shape index (κ2) is 8.83. The molecule has 3 rings (SSSR count). The van der Waals surface area contributed by atoms with Crippen LogP contribution in [0, 0.1) is 0 Å². The number of carbonyl (C=O) groups is 1. The van der Waals surface area contributed by atoms with Crippen LogP contribution in [0.5, 0.6) is 0 Å². The lowest BCUT2D eigenvalue weighted by Gasteiger charge is -2.24. The summed E-state index contributed by atoms with van der Waals surface area (Å²) in [4.78, 5) is 14.3. The molecule has 1 heterocycles. The highest BCUT2D eigenvalue weighted by Crippen LogP contribution is 2.26. The molecule has 26 heavy (non-hydrogen) atoms. The Kier molecular flexibility index (Phi) is 6.26. The molecule has 5 heteroatoms. The zero-order valence-electron chi connectivity index (χ0n) is 15.2. The third-order valence-corrected chi connectivity index (χ3v) is 5.55. The number of benzene rings is 2. The maximum atomic E-state index is 12.1. The van der Waals surface area contributed by atoms with Crippen LogP contribution in [-0.4, -0.2) is 37.6 Å². The van der Waals surface area contributed by atoms with E-state index in [0.717, 1.165) is 12.0 Å². The smallest absolute Gasteiger partial charge is 0.315 e. The predicted octanol–water partition coefficient (Wildman–Crippen LogP) is 3.87. The van der Waals surface area contributed by atoms with Crippen molar-refractivity contribution in [1.29, 1.82) is 0 Å². The molecule has 136 valence electrons. The Balaban J connectivity index is 1.54. The van der Waals surface area contributed by atoms with Gasteiger partial charge in [0.1, 0.15) is 0 Å². The quantitative estimate of drug-likeness (QED) is 0.666. The molecule has 0 saturated carbocycles. The van der Waals surface area contributed by atoms with Crippen molar-refractivity contribution in [2.24, 2.45) is 0 Å². The zero-order valence-corrected chi connectivity index (χ0v) is 16.1. The van der Waals surface area contributed by atoms with Gasteiger partial charge >= 0.3 is 6.03 Å². The molecule has 0 aliphatic rings. The second-order valence-electron chi connectivity index (χ2n) is 6.63. The normalized spacial score (nSPS) is 12.3. The van der Waals surface area contributed by atoms with Crippen LogP contribution in [-0.2, 0) is 13.0 Å². The molecule has 3 aromatic rings. The molecule has 1 atom stereocenters. The van der Waals surface area contributed by atoms with Crippen molar-refractivity contribution in [2.45, 2.75) is 19.0 Å². The number of nitrogens with one attached hydrogen (secondary N) is 2. The molecular formula is C21H25N3OS. The SMILES string of the molecule is CN(C)[C@H](CNC(=O)NCc1ccccc1)Cc1csc2ccccc12. The van der Waals surface area contributed by atoms with Gasteiger partial charge < -0.3 is 15.5 Å². The van der Waals surface area contributed by atoms with Crippen LogP contribution >= 0.6 is 11.3 Å². The summed E-state index contributed by atoms with van der Waals surface area (Å²) in [5, 5.41) is 9.47. The predicted molar refractivity (Wildman–Crippen MR) is 110 cm³/mol. The Hall–Kier alpha value is -2.37. The molecule has 1 aromatic heterocycles. The number of hydrogen-bond acceptors (Lipinski definition) is 3. The molecule has 4 nitrogen and oxygen atoms in total. The van der Waals surface area contributed by atoms with E-state index in [4.69, 9.17) is 0 Å². The highest BCUT2D eigenvalue weighted by Gasteiger charge is 2.16. The highest BCUT2D eigenvalue weighted by atomic mass is 32.1. The van der Waals surface area contributed by atoms with Gasteiger partial charge in [-0.1, -0.05) is 48.5 Å². The first-order chi connectivity index (χ1) is 12.6. The summed E-state index contributed by atoms with van der Waals surface area (Å²) < 4.78 is 1.31. The number of thiophene rings is 1. The lowest BCUT2D eigenvalue weighted by atomic mass is 10.0. The molecule has 2 aromatic carbocycles. The maximum Gasteiger partial charge on any atom is 0.315 e. The number of fused-ring (bicyclic) bond motifs is 1. The van der Waals surface area contributed by atoms with Gasteiger partial charge in [-0.15, -0.1) is 11.3 Å². The largest absolute Gasteiger partial charge is 0.337 e. The number of likely N-dealkylation sites (N-methyl/N-ethyl adjacent to an activating group) is 1. The molecule has 0 aliphatic heterocycles. The minimum atomic E-state index is -0.129. The van der Waals surface area contributed by atoms with E-state index in [9.17, 15) is 4.79 Å². The molecule has 0 saturated heterocycles. The van der Waals surface area contributed by atoms with E-state index in [1.54, 1.807) is 11.3 Å². The monoisotopic (exact) mass is 367 g/mol. The van der Waals surface area contributed by atoms with Gasteiger partial charge in [0, 0.05) is 23.8 Å². The third-order valence-electron chi connectivity index (χ3n) is 4.54. The van der Waals surface area contributed by atoms with Crippen molar-refractivity contribution in [3.63, 3.8) is 0 Å². The minimum absolute atomic E-state index is 0.129. The van der Waals surface area contributed by atoms with E-state index in [-0.39, 0.29) is 12.1 Å². The van der Waals surface area contributed by atoms with Gasteiger partial charge in [-0.2, -0.15) is 0 Å². The van der Waals surface area contributed by atoms with Crippen molar-refractivity contribution in [3.05, 3.63) is 71.1 Å². The summed E-state index contributed by atoms with van der Waals surface area (Å²) in [7, 11) is 4.12. The number of urea groups is 1. The maximum absolute atomic E-state index is 12.1. The third kappa shape index (κ3) is 4.84. The Bertz CT molecular complexity index is 845. The Morgan fingerprint density at radius 3 is 2.54 bits per heavy atom. The van der Waals surface area contributed by atoms with Crippen LogP contribution in [0.25, 0.3) is 10.1 Å². The average Bonchev–Trinajstić information content (AvgIpc) is 3.07. The summed E-state index contributed by atoms with van der Waals surface area (Å²) in [5.41, 5.74) is 2.44. The van der Waals surface area contributed by atoms with Gasteiger partial charge in [0.15, 0.2) is 0 Å². The molecule has 0 radical (unpaired) electrons. The first kappa shape index (κ1) is 18.4. The molecule has 2 N–H and O–H groups in total. The first-order valence-corrected chi connectivity index (χ1v) is 9.68. The fourth-order valence-electron chi connectivity index (χ4n) is 2.93. The Morgan fingerprint density at radius 2 is 1.77 bits per heavy atom. The Morgan fingerprint density at radius 1 is 1.04 bits per heavy atom. The summed E-state index contributed by atoms with van der Waals surface area (Å²) in [6, 6.07) is 18.5. The first-order valence-electron chi connectivity index (χ1n) is 8.80. The molecule has 0 aliphatic carbocycles. The standard InChI is InChI=1S/C21H25N3OS/c1-24(2)18(12-17-15-26-20-11-7-6-10-19(17)20)14-23-21(25)22-13-16-8-4-3-5-9-16/h3-11,15,18H,12-14H2,1-2H3,(H2,22,23,25)/t18-/m0/s1. The number of amides is 2. The van der Waals surface area contributed by atoms with Crippen LogP contribution in [0.2, 0.25) is 0 Å². The summed E-state index contributed by atoms with van der Waals surface area (Å²) in [6.07, 6.45) is 0.913. The zero-order chi connectivity index (χ0) is 18.4. The van der Waals surface area contributed by atoms with Crippen LogP contribution in [0.3, 0.4) is 0 Å². The average molecular weight is 368 g/mol. The second-order valence-corrected chi connectivity index (χ2v) is 7.54. The van der Waals surface area contributed by atoms with Gasteiger partial charge in [-0.3, -0.25) is 0 Å². The molecule has 0 fully saturated rings.